The number of ether oxygens (including phenoxy) is 1. The maximum absolute atomic E-state index is 12.9. The fourth-order valence-corrected chi connectivity index (χ4v) is 1.85. The summed E-state index contributed by atoms with van der Waals surface area (Å²) in [6, 6.07) is 6.68. The van der Waals surface area contributed by atoms with Crippen LogP contribution in [0.5, 0.6) is 5.88 Å². The Morgan fingerprint density at radius 2 is 2.00 bits per heavy atom. The van der Waals surface area contributed by atoms with Crippen LogP contribution in [0.4, 0.5) is 13.2 Å². The van der Waals surface area contributed by atoms with Gasteiger partial charge in [0.15, 0.2) is 6.29 Å². The van der Waals surface area contributed by atoms with Crippen LogP contribution in [0.3, 0.4) is 0 Å². The monoisotopic (exact) mass is 281 g/mol. The number of rotatable bonds is 3. The molecule has 0 unspecified atom stereocenters. The SMILES string of the molecule is COc1ncccc1-c1ccc(C=O)c(C(F)(F)F)c1. The topological polar surface area (TPSA) is 39.2 Å². The Morgan fingerprint density at radius 1 is 1.25 bits per heavy atom. The zero-order valence-corrected chi connectivity index (χ0v) is 10.4. The van der Waals surface area contributed by atoms with Crippen molar-refractivity contribution in [1.29, 1.82) is 0 Å². The van der Waals surface area contributed by atoms with E-state index < -0.39 is 17.3 Å². The molecule has 20 heavy (non-hydrogen) atoms. The van der Waals surface area contributed by atoms with Crippen molar-refractivity contribution in [2.45, 2.75) is 6.18 Å². The van der Waals surface area contributed by atoms with E-state index in [1.54, 1.807) is 12.1 Å². The number of pyridine rings is 1. The lowest BCUT2D eigenvalue weighted by molar-refractivity contribution is -0.137. The number of aldehydes is 1. The highest BCUT2D eigenvalue weighted by Gasteiger charge is 2.33. The van der Waals surface area contributed by atoms with Crippen molar-refractivity contribution in [3.05, 3.63) is 47.7 Å². The fourth-order valence-electron chi connectivity index (χ4n) is 1.85. The van der Waals surface area contributed by atoms with E-state index in [0.29, 0.717) is 5.56 Å². The predicted molar refractivity (Wildman–Crippen MR) is 66.6 cm³/mol. The third-order valence-corrected chi connectivity index (χ3v) is 2.76. The van der Waals surface area contributed by atoms with Gasteiger partial charge in [-0.3, -0.25) is 4.79 Å². The summed E-state index contributed by atoms with van der Waals surface area (Å²) >= 11 is 0. The van der Waals surface area contributed by atoms with E-state index in [4.69, 9.17) is 4.74 Å². The third kappa shape index (κ3) is 2.64. The van der Waals surface area contributed by atoms with Gasteiger partial charge >= 0.3 is 6.18 Å². The summed E-state index contributed by atoms with van der Waals surface area (Å²) in [5.41, 5.74) is -0.661. The average Bonchev–Trinajstić information content (AvgIpc) is 2.45. The summed E-state index contributed by atoms with van der Waals surface area (Å²) in [5, 5.41) is 0. The molecule has 104 valence electrons. The molecule has 2 aromatic rings. The van der Waals surface area contributed by atoms with Gasteiger partial charge in [-0.05, 0) is 23.8 Å². The molecule has 1 aromatic carbocycles. The van der Waals surface area contributed by atoms with E-state index >= 15 is 0 Å². The summed E-state index contributed by atoms with van der Waals surface area (Å²) in [7, 11) is 1.39. The van der Waals surface area contributed by atoms with Gasteiger partial charge in [0.1, 0.15) is 0 Å². The van der Waals surface area contributed by atoms with E-state index in [1.165, 1.54) is 19.4 Å². The van der Waals surface area contributed by atoms with Crippen LogP contribution in [0.1, 0.15) is 15.9 Å². The van der Waals surface area contributed by atoms with Crippen LogP contribution in [0.25, 0.3) is 11.1 Å². The van der Waals surface area contributed by atoms with E-state index in [1.807, 2.05) is 0 Å². The first-order chi connectivity index (χ1) is 9.47. The fraction of sp³-hybridized carbons (Fsp3) is 0.143. The zero-order valence-electron chi connectivity index (χ0n) is 10.4. The first-order valence-corrected chi connectivity index (χ1v) is 5.63. The molecule has 0 radical (unpaired) electrons. The molecule has 0 saturated carbocycles. The molecule has 0 fully saturated rings. The zero-order chi connectivity index (χ0) is 14.8. The number of hydrogen-bond acceptors (Lipinski definition) is 3. The van der Waals surface area contributed by atoms with Crippen LogP contribution < -0.4 is 4.74 Å². The highest BCUT2D eigenvalue weighted by Crippen LogP contribution is 2.36. The van der Waals surface area contributed by atoms with Crippen molar-refractivity contribution in [2.24, 2.45) is 0 Å². The van der Waals surface area contributed by atoms with Gasteiger partial charge in [-0.25, -0.2) is 4.98 Å². The Bertz CT molecular complexity index is 639. The van der Waals surface area contributed by atoms with E-state index in [9.17, 15) is 18.0 Å². The van der Waals surface area contributed by atoms with E-state index in [0.717, 1.165) is 12.1 Å². The van der Waals surface area contributed by atoms with Crippen molar-refractivity contribution < 1.29 is 22.7 Å². The maximum Gasteiger partial charge on any atom is 0.417 e. The van der Waals surface area contributed by atoms with Gasteiger partial charge in [0.25, 0.3) is 0 Å². The summed E-state index contributed by atoms with van der Waals surface area (Å²) < 4.78 is 43.7. The first kappa shape index (κ1) is 14.0. The number of aromatic nitrogens is 1. The number of carbonyl (C=O) groups is 1. The molecule has 0 spiro atoms. The van der Waals surface area contributed by atoms with Crippen molar-refractivity contribution in [3.63, 3.8) is 0 Å². The Balaban J connectivity index is 2.62. The van der Waals surface area contributed by atoms with Crippen molar-refractivity contribution in [1.82, 2.24) is 4.98 Å². The smallest absolute Gasteiger partial charge is 0.417 e. The lowest BCUT2D eigenvalue weighted by atomic mass is 10.00. The molecule has 0 N–H and O–H groups in total. The first-order valence-electron chi connectivity index (χ1n) is 5.63. The number of alkyl halides is 3. The molecule has 0 aliphatic heterocycles. The molecular formula is C14H10F3NO2. The van der Waals surface area contributed by atoms with Crippen LogP contribution in [-0.2, 0) is 6.18 Å². The minimum absolute atomic E-state index is 0.188. The average molecular weight is 281 g/mol. The Labute approximate surface area is 113 Å². The quantitative estimate of drug-likeness (QED) is 0.807. The second kappa shape index (κ2) is 5.32. The van der Waals surface area contributed by atoms with Gasteiger partial charge in [-0.1, -0.05) is 12.1 Å². The number of methoxy groups -OCH3 is 1. The van der Waals surface area contributed by atoms with Gasteiger partial charge in [0.2, 0.25) is 5.88 Å². The van der Waals surface area contributed by atoms with E-state index in [-0.39, 0.29) is 17.7 Å². The molecule has 0 bridgehead atoms. The Hall–Kier alpha value is -2.37. The summed E-state index contributed by atoms with van der Waals surface area (Å²) in [4.78, 5) is 14.6. The van der Waals surface area contributed by atoms with Crippen LogP contribution in [0, 0.1) is 0 Å². The summed E-state index contributed by atoms with van der Waals surface area (Å²) in [5.74, 6) is 0.222. The second-order valence-electron chi connectivity index (χ2n) is 3.98. The molecule has 1 aromatic heterocycles. The molecule has 1 heterocycles. The summed E-state index contributed by atoms with van der Waals surface area (Å²) in [6.07, 6.45) is -2.93. The molecule has 2 rings (SSSR count). The van der Waals surface area contributed by atoms with Crippen molar-refractivity contribution in [3.8, 4) is 17.0 Å². The molecule has 0 amide bonds. The molecule has 0 atom stereocenters. The van der Waals surface area contributed by atoms with Crippen LogP contribution in [0.15, 0.2) is 36.5 Å². The van der Waals surface area contributed by atoms with Crippen molar-refractivity contribution >= 4 is 6.29 Å². The highest BCUT2D eigenvalue weighted by atomic mass is 19.4. The van der Waals surface area contributed by atoms with Gasteiger partial charge in [0.05, 0.1) is 12.7 Å². The van der Waals surface area contributed by atoms with Crippen molar-refractivity contribution in [2.75, 3.05) is 7.11 Å². The lowest BCUT2D eigenvalue weighted by Crippen LogP contribution is -2.09. The molecule has 0 aliphatic rings. The predicted octanol–water partition coefficient (Wildman–Crippen LogP) is 3.59. The minimum Gasteiger partial charge on any atom is -0.481 e. The molecular weight excluding hydrogens is 271 g/mol. The molecule has 0 aliphatic carbocycles. The number of carbonyl (C=O) groups excluding carboxylic acids is 1. The Morgan fingerprint density at radius 3 is 2.60 bits per heavy atom. The molecule has 0 saturated heterocycles. The molecule has 3 nitrogen and oxygen atoms in total. The Kier molecular flexibility index (Phi) is 3.74. The van der Waals surface area contributed by atoms with Crippen LogP contribution in [-0.4, -0.2) is 18.4 Å². The van der Waals surface area contributed by atoms with Gasteiger partial charge in [-0.15, -0.1) is 0 Å². The number of hydrogen-bond donors (Lipinski definition) is 0. The van der Waals surface area contributed by atoms with Gasteiger partial charge < -0.3 is 4.74 Å². The normalized spacial score (nSPS) is 11.2. The number of halogens is 3. The van der Waals surface area contributed by atoms with Crippen LogP contribution >= 0.6 is 0 Å². The third-order valence-electron chi connectivity index (χ3n) is 2.76. The van der Waals surface area contributed by atoms with E-state index in [2.05, 4.69) is 4.98 Å². The lowest BCUT2D eigenvalue weighted by Gasteiger charge is -2.12. The van der Waals surface area contributed by atoms with Gasteiger partial charge in [-0.2, -0.15) is 13.2 Å². The molecule has 6 heteroatoms. The standard InChI is InChI=1S/C14H10F3NO2/c1-20-13-11(3-2-6-18-13)9-4-5-10(8-19)12(7-9)14(15,16)17/h2-8H,1H3. The minimum atomic E-state index is -4.60. The van der Waals surface area contributed by atoms with Gasteiger partial charge in [0, 0.05) is 17.3 Å². The largest absolute Gasteiger partial charge is 0.481 e. The summed E-state index contributed by atoms with van der Waals surface area (Å²) in [6.45, 7) is 0. The highest BCUT2D eigenvalue weighted by molar-refractivity contribution is 5.80. The number of benzene rings is 1. The maximum atomic E-state index is 12.9. The number of nitrogens with zero attached hydrogens (tertiary/aromatic N) is 1. The second-order valence-corrected chi connectivity index (χ2v) is 3.98. The van der Waals surface area contributed by atoms with Crippen LogP contribution in [0.2, 0.25) is 0 Å².